The Labute approximate surface area is 190 Å². The summed E-state index contributed by atoms with van der Waals surface area (Å²) < 4.78 is 3.48. The molecule has 0 fully saturated rings. The van der Waals surface area contributed by atoms with E-state index in [4.69, 9.17) is 0 Å². The van der Waals surface area contributed by atoms with Crippen LogP contribution in [0.2, 0.25) is 0 Å². The number of thioether (sulfide) groups is 1. The predicted octanol–water partition coefficient (Wildman–Crippen LogP) is 3.87. The maximum atomic E-state index is 13.2. The molecule has 0 bridgehead atoms. The molecule has 0 aliphatic heterocycles. The Morgan fingerprint density at radius 2 is 1.91 bits per heavy atom. The van der Waals surface area contributed by atoms with E-state index in [2.05, 4.69) is 47.6 Å². The van der Waals surface area contributed by atoms with Crippen LogP contribution in [0.15, 0.2) is 52.4 Å². The van der Waals surface area contributed by atoms with Gasteiger partial charge in [0.15, 0.2) is 5.16 Å². The zero-order valence-electron chi connectivity index (χ0n) is 18.8. The molecule has 2 aromatic heterocycles. The highest BCUT2D eigenvalue weighted by Crippen LogP contribution is 2.26. The van der Waals surface area contributed by atoms with Crippen LogP contribution in [0.25, 0.3) is 16.7 Å². The van der Waals surface area contributed by atoms with Crippen molar-refractivity contribution in [2.75, 3.05) is 0 Å². The number of carbonyl (C=O) groups excluding carboxylic acids is 1. The van der Waals surface area contributed by atoms with Crippen molar-refractivity contribution in [3.05, 3.63) is 69.5 Å². The molecule has 0 saturated heterocycles. The van der Waals surface area contributed by atoms with Gasteiger partial charge in [0.1, 0.15) is 0 Å². The van der Waals surface area contributed by atoms with Crippen molar-refractivity contribution in [1.29, 1.82) is 0 Å². The summed E-state index contributed by atoms with van der Waals surface area (Å²) in [6.45, 7) is 8.26. The van der Waals surface area contributed by atoms with Gasteiger partial charge in [0, 0.05) is 24.8 Å². The molecule has 0 saturated carbocycles. The molecule has 7 nitrogen and oxygen atoms in total. The summed E-state index contributed by atoms with van der Waals surface area (Å²) in [7, 11) is 0. The van der Waals surface area contributed by atoms with Crippen molar-refractivity contribution in [3.8, 4) is 0 Å². The Kier molecular flexibility index (Phi) is 6.32. The first kappa shape index (κ1) is 22.1. The standard InChI is InChI=1S/C24H27N5O2S/c1-15(2)25-21(30)11-12-28-22(31)19-7-5-6-8-20(19)29-23(28)26-27-24(29)32-14-18-13-16(3)9-10-17(18)4/h5-10,13,15H,11-12,14H2,1-4H3,(H,25,30). The van der Waals surface area contributed by atoms with Crippen LogP contribution in [0, 0.1) is 13.8 Å². The summed E-state index contributed by atoms with van der Waals surface area (Å²) in [4.78, 5) is 25.4. The molecule has 1 N–H and O–H groups in total. The van der Waals surface area contributed by atoms with Crippen LogP contribution in [0.1, 0.15) is 37.0 Å². The fourth-order valence-corrected chi connectivity index (χ4v) is 4.74. The molecule has 0 aliphatic carbocycles. The zero-order chi connectivity index (χ0) is 22.8. The molecule has 32 heavy (non-hydrogen) atoms. The molecule has 0 spiro atoms. The van der Waals surface area contributed by atoms with Crippen LogP contribution in [-0.4, -0.2) is 31.1 Å². The van der Waals surface area contributed by atoms with E-state index in [-0.39, 0.29) is 30.5 Å². The summed E-state index contributed by atoms with van der Waals surface area (Å²) in [6.07, 6.45) is 0.198. The lowest BCUT2D eigenvalue weighted by atomic mass is 10.1. The number of carbonyl (C=O) groups is 1. The minimum atomic E-state index is -0.163. The number of aromatic nitrogens is 4. The smallest absolute Gasteiger partial charge is 0.262 e. The normalized spacial score (nSPS) is 11.5. The van der Waals surface area contributed by atoms with Crippen LogP contribution in [-0.2, 0) is 17.1 Å². The van der Waals surface area contributed by atoms with E-state index in [1.54, 1.807) is 22.4 Å². The monoisotopic (exact) mass is 449 g/mol. The summed E-state index contributed by atoms with van der Waals surface area (Å²) in [5, 5.41) is 12.9. The van der Waals surface area contributed by atoms with Gasteiger partial charge in [0.25, 0.3) is 5.56 Å². The Morgan fingerprint density at radius 3 is 2.69 bits per heavy atom. The highest BCUT2D eigenvalue weighted by molar-refractivity contribution is 7.98. The quantitative estimate of drug-likeness (QED) is 0.433. The molecule has 4 rings (SSSR count). The Morgan fingerprint density at radius 1 is 1.12 bits per heavy atom. The van der Waals surface area contributed by atoms with Gasteiger partial charge in [-0.1, -0.05) is 47.7 Å². The van der Waals surface area contributed by atoms with Gasteiger partial charge in [0.2, 0.25) is 11.7 Å². The first-order chi connectivity index (χ1) is 15.3. The Balaban J connectivity index is 1.74. The minimum absolute atomic E-state index is 0.0528. The molecule has 4 aromatic rings. The number of benzene rings is 2. The molecule has 2 heterocycles. The van der Waals surface area contributed by atoms with Crippen LogP contribution in [0.3, 0.4) is 0 Å². The number of hydrogen-bond donors (Lipinski definition) is 1. The molecule has 2 aromatic carbocycles. The van der Waals surface area contributed by atoms with Crippen LogP contribution < -0.4 is 10.9 Å². The molecule has 1 amide bonds. The SMILES string of the molecule is Cc1ccc(C)c(CSc2nnc3n(CCC(=O)NC(C)C)c(=O)c4ccccc4n23)c1. The molecular formula is C24H27N5O2S. The van der Waals surface area contributed by atoms with E-state index in [1.807, 2.05) is 36.4 Å². The van der Waals surface area contributed by atoms with Crippen molar-refractivity contribution in [3.63, 3.8) is 0 Å². The average Bonchev–Trinajstić information content (AvgIpc) is 3.17. The third kappa shape index (κ3) is 4.41. The lowest BCUT2D eigenvalue weighted by molar-refractivity contribution is -0.121. The molecule has 0 atom stereocenters. The fraction of sp³-hybridized carbons (Fsp3) is 0.333. The van der Waals surface area contributed by atoms with Crippen LogP contribution in [0.4, 0.5) is 0 Å². The Bertz CT molecular complexity index is 1360. The lowest BCUT2D eigenvalue weighted by Gasteiger charge is -2.12. The molecule has 0 radical (unpaired) electrons. The van der Waals surface area contributed by atoms with Crippen LogP contribution in [0.5, 0.6) is 0 Å². The van der Waals surface area contributed by atoms with Gasteiger partial charge >= 0.3 is 0 Å². The molecule has 8 heteroatoms. The summed E-state index contributed by atoms with van der Waals surface area (Å²) in [5.74, 6) is 1.11. The number of fused-ring (bicyclic) bond motifs is 3. The van der Waals surface area contributed by atoms with Crippen molar-refractivity contribution < 1.29 is 4.79 Å². The highest BCUT2D eigenvalue weighted by Gasteiger charge is 2.18. The third-order valence-electron chi connectivity index (χ3n) is 5.35. The second kappa shape index (κ2) is 9.16. The van der Waals surface area contributed by atoms with E-state index >= 15 is 0 Å². The van der Waals surface area contributed by atoms with Crippen molar-refractivity contribution in [2.24, 2.45) is 0 Å². The largest absolute Gasteiger partial charge is 0.354 e. The molecule has 0 unspecified atom stereocenters. The number of hydrogen-bond acceptors (Lipinski definition) is 5. The lowest BCUT2D eigenvalue weighted by Crippen LogP contribution is -2.32. The summed E-state index contributed by atoms with van der Waals surface area (Å²) >= 11 is 1.59. The van der Waals surface area contributed by atoms with E-state index in [1.165, 1.54) is 16.7 Å². The fourth-order valence-electron chi connectivity index (χ4n) is 3.73. The number of nitrogens with zero attached hydrogens (tertiary/aromatic N) is 4. The highest BCUT2D eigenvalue weighted by atomic mass is 32.2. The average molecular weight is 450 g/mol. The van der Waals surface area contributed by atoms with Gasteiger partial charge in [-0.3, -0.25) is 18.6 Å². The predicted molar refractivity (Wildman–Crippen MR) is 128 cm³/mol. The van der Waals surface area contributed by atoms with Crippen molar-refractivity contribution in [2.45, 2.75) is 57.6 Å². The van der Waals surface area contributed by atoms with Gasteiger partial charge in [0.05, 0.1) is 10.9 Å². The molecule has 166 valence electrons. The first-order valence-electron chi connectivity index (χ1n) is 10.7. The van der Waals surface area contributed by atoms with Crippen LogP contribution >= 0.6 is 11.8 Å². The third-order valence-corrected chi connectivity index (χ3v) is 6.33. The van der Waals surface area contributed by atoms with E-state index in [9.17, 15) is 9.59 Å². The van der Waals surface area contributed by atoms with E-state index in [0.717, 1.165) is 16.4 Å². The number of amides is 1. The molecule has 0 aliphatic rings. The van der Waals surface area contributed by atoms with Crippen molar-refractivity contribution >= 4 is 34.3 Å². The van der Waals surface area contributed by atoms with Gasteiger partial charge in [-0.05, 0) is 51.0 Å². The number of rotatable bonds is 7. The number of para-hydroxylation sites is 1. The minimum Gasteiger partial charge on any atom is -0.354 e. The number of nitrogens with one attached hydrogen (secondary N) is 1. The Hall–Kier alpha value is -3.13. The van der Waals surface area contributed by atoms with Gasteiger partial charge < -0.3 is 5.32 Å². The summed E-state index contributed by atoms with van der Waals surface area (Å²) in [5.41, 5.74) is 4.30. The first-order valence-corrected chi connectivity index (χ1v) is 11.7. The van der Waals surface area contributed by atoms with E-state index < -0.39 is 0 Å². The van der Waals surface area contributed by atoms with E-state index in [0.29, 0.717) is 11.2 Å². The topological polar surface area (TPSA) is 81.3 Å². The van der Waals surface area contributed by atoms with Crippen molar-refractivity contribution in [1.82, 2.24) is 24.5 Å². The van der Waals surface area contributed by atoms with Gasteiger partial charge in [-0.2, -0.15) is 0 Å². The zero-order valence-corrected chi connectivity index (χ0v) is 19.6. The second-order valence-electron chi connectivity index (χ2n) is 8.28. The summed E-state index contributed by atoms with van der Waals surface area (Å²) in [6, 6.07) is 13.9. The van der Waals surface area contributed by atoms with Gasteiger partial charge in [-0.15, -0.1) is 10.2 Å². The number of aryl methyl sites for hydroxylation is 3. The molecular weight excluding hydrogens is 422 g/mol. The maximum absolute atomic E-state index is 13.2. The van der Waals surface area contributed by atoms with Gasteiger partial charge in [-0.25, -0.2) is 0 Å². The maximum Gasteiger partial charge on any atom is 0.262 e. The second-order valence-corrected chi connectivity index (χ2v) is 9.23.